The molecule has 0 radical (unpaired) electrons. The quantitative estimate of drug-likeness (QED) is 0.776. The summed E-state index contributed by atoms with van der Waals surface area (Å²) in [5, 5.41) is 9.27. The van der Waals surface area contributed by atoms with Gasteiger partial charge in [0, 0.05) is 22.5 Å². The number of piperidine rings is 1. The summed E-state index contributed by atoms with van der Waals surface area (Å²) in [6.45, 7) is 3.06. The normalized spacial score (nSPS) is 24.9. The van der Waals surface area contributed by atoms with Crippen molar-refractivity contribution in [2.75, 3.05) is 17.6 Å². The van der Waals surface area contributed by atoms with Crippen LogP contribution in [0, 0.1) is 0 Å². The minimum atomic E-state index is -0.0678. The molecule has 2 atom stereocenters. The maximum atomic E-state index is 12.3. The summed E-state index contributed by atoms with van der Waals surface area (Å²) in [7, 11) is 0. The Morgan fingerprint density at radius 2 is 2.29 bits per heavy atom. The largest absolute Gasteiger partial charge is 0.349 e. The third-order valence-electron chi connectivity index (χ3n) is 3.83. The second kappa shape index (κ2) is 6.07. The zero-order valence-corrected chi connectivity index (χ0v) is 12.8. The molecule has 0 saturated carbocycles. The van der Waals surface area contributed by atoms with E-state index in [1.165, 1.54) is 11.8 Å². The van der Waals surface area contributed by atoms with Crippen LogP contribution in [0.2, 0.25) is 0 Å². The summed E-state index contributed by atoms with van der Waals surface area (Å²) in [6.07, 6.45) is 1.90. The van der Waals surface area contributed by atoms with Crippen LogP contribution in [0.4, 0.5) is 5.69 Å². The zero-order valence-electron chi connectivity index (χ0n) is 11.9. The topological polar surface area (TPSA) is 70.2 Å². The van der Waals surface area contributed by atoms with Crippen LogP contribution in [-0.4, -0.2) is 36.2 Å². The van der Waals surface area contributed by atoms with Gasteiger partial charge in [-0.1, -0.05) is 0 Å². The van der Waals surface area contributed by atoms with E-state index in [-0.39, 0.29) is 17.9 Å². The van der Waals surface area contributed by atoms with Crippen molar-refractivity contribution in [1.82, 2.24) is 10.6 Å². The average Bonchev–Trinajstić information content (AvgIpc) is 2.46. The average molecular weight is 305 g/mol. The number of hydrogen-bond donors (Lipinski definition) is 3. The molecule has 112 valence electrons. The van der Waals surface area contributed by atoms with Crippen LogP contribution in [0.15, 0.2) is 23.1 Å². The lowest BCUT2D eigenvalue weighted by molar-refractivity contribution is -0.113. The SMILES string of the molecule is CC1CC(NC(=O)c2ccc3c(c2)NC(=O)CS3)CCN1. The second-order valence-electron chi connectivity index (χ2n) is 5.60. The first-order valence-electron chi connectivity index (χ1n) is 7.23. The molecule has 2 unspecified atom stereocenters. The number of hydrogen-bond acceptors (Lipinski definition) is 4. The first kappa shape index (κ1) is 14.4. The molecule has 0 bridgehead atoms. The maximum Gasteiger partial charge on any atom is 0.251 e. The van der Waals surface area contributed by atoms with Crippen LogP contribution in [-0.2, 0) is 4.79 Å². The van der Waals surface area contributed by atoms with E-state index < -0.39 is 0 Å². The van der Waals surface area contributed by atoms with Gasteiger partial charge in [0.25, 0.3) is 5.91 Å². The van der Waals surface area contributed by atoms with Crippen LogP contribution in [0.3, 0.4) is 0 Å². The minimum absolute atomic E-state index is 0.0164. The number of rotatable bonds is 2. The Morgan fingerprint density at radius 1 is 1.43 bits per heavy atom. The summed E-state index contributed by atoms with van der Waals surface area (Å²) in [4.78, 5) is 24.8. The van der Waals surface area contributed by atoms with E-state index in [0.29, 0.717) is 17.4 Å². The van der Waals surface area contributed by atoms with Crippen molar-refractivity contribution in [2.24, 2.45) is 0 Å². The molecule has 3 rings (SSSR count). The van der Waals surface area contributed by atoms with Crippen LogP contribution in [0.25, 0.3) is 0 Å². The molecule has 0 aliphatic carbocycles. The summed E-state index contributed by atoms with van der Waals surface area (Å²) in [6, 6.07) is 6.14. The van der Waals surface area contributed by atoms with Crippen LogP contribution in [0.1, 0.15) is 30.1 Å². The summed E-state index contributed by atoms with van der Waals surface area (Å²) in [5.41, 5.74) is 1.34. The van der Waals surface area contributed by atoms with E-state index in [2.05, 4.69) is 22.9 Å². The molecule has 21 heavy (non-hydrogen) atoms. The van der Waals surface area contributed by atoms with Gasteiger partial charge < -0.3 is 16.0 Å². The van der Waals surface area contributed by atoms with Crippen LogP contribution >= 0.6 is 11.8 Å². The van der Waals surface area contributed by atoms with Gasteiger partial charge in [0.05, 0.1) is 11.4 Å². The lowest BCUT2D eigenvalue weighted by Crippen LogP contribution is -2.46. The highest BCUT2D eigenvalue weighted by molar-refractivity contribution is 8.00. The summed E-state index contributed by atoms with van der Waals surface area (Å²) in [5.74, 6) is 0.352. The fourth-order valence-electron chi connectivity index (χ4n) is 2.76. The third-order valence-corrected chi connectivity index (χ3v) is 4.91. The van der Waals surface area contributed by atoms with Crippen molar-refractivity contribution in [3.05, 3.63) is 23.8 Å². The standard InChI is InChI=1S/C15H19N3O2S/c1-9-6-11(4-5-16-9)17-15(20)10-2-3-13-12(7-10)18-14(19)8-21-13/h2-3,7,9,11,16H,4-6,8H2,1H3,(H,17,20)(H,18,19). The number of thioether (sulfide) groups is 1. The Kier molecular flexibility index (Phi) is 4.17. The number of benzene rings is 1. The number of nitrogens with one attached hydrogen (secondary N) is 3. The predicted octanol–water partition coefficient (Wildman–Crippen LogP) is 1.60. The number of anilines is 1. The third kappa shape index (κ3) is 3.39. The molecule has 6 heteroatoms. The highest BCUT2D eigenvalue weighted by Crippen LogP contribution is 2.32. The predicted molar refractivity (Wildman–Crippen MR) is 83.7 cm³/mol. The van der Waals surface area contributed by atoms with Crippen molar-refractivity contribution in [1.29, 1.82) is 0 Å². The van der Waals surface area contributed by atoms with E-state index in [0.717, 1.165) is 30.0 Å². The van der Waals surface area contributed by atoms with Gasteiger partial charge in [0.15, 0.2) is 0 Å². The van der Waals surface area contributed by atoms with Crippen LogP contribution in [0.5, 0.6) is 0 Å². The van der Waals surface area contributed by atoms with Crippen molar-refractivity contribution in [3.63, 3.8) is 0 Å². The Labute approximate surface area is 128 Å². The van der Waals surface area contributed by atoms with E-state index in [1.54, 1.807) is 6.07 Å². The molecule has 5 nitrogen and oxygen atoms in total. The van der Waals surface area contributed by atoms with Gasteiger partial charge in [-0.2, -0.15) is 0 Å². The van der Waals surface area contributed by atoms with Gasteiger partial charge in [-0.3, -0.25) is 9.59 Å². The van der Waals surface area contributed by atoms with Gasteiger partial charge in [-0.25, -0.2) is 0 Å². The Bertz CT molecular complexity index is 576. The van der Waals surface area contributed by atoms with E-state index in [1.807, 2.05) is 12.1 Å². The number of fused-ring (bicyclic) bond motifs is 1. The van der Waals surface area contributed by atoms with Gasteiger partial charge in [0.2, 0.25) is 5.91 Å². The molecular weight excluding hydrogens is 286 g/mol. The highest BCUT2D eigenvalue weighted by atomic mass is 32.2. The molecule has 2 amide bonds. The highest BCUT2D eigenvalue weighted by Gasteiger charge is 2.22. The Hall–Kier alpha value is -1.53. The number of amides is 2. The second-order valence-corrected chi connectivity index (χ2v) is 6.61. The van der Waals surface area contributed by atoms with Crippen molar-refractivity contribution in [3.8, 4) is 0 Å². The maximum absolute atomic E-state index is 12.3. The molecule has 3 N–H and O–H groups in total. The van der Waals surface area contributed by atoms with Gasteiger partial charge in [-0.05, 0) is 44.5 Å². The summed E-state index contributed by atoms with van der Waals surface area (Å²) < 4.78 is 0. The van der Waals surface area contributed by atoms with E-state index in [9.17, 15) is 9.59 Å². The van der Waals surface area contributed by atoms with Crippen LogP contribution < -0.4 is 16.0 Å². The zero-order chi connectivity index (χ0) is 14.8. The smallest absolute Gasteiger partial charge is 0.251 e. The first-order chi connectivity index (χ1) is 10.1. The van der Waals surface area contributed by atoms with Crippen molar-refractivity contribution >= 4 is 29.3 Å². The molecular formula is C15H19N3O2S. The fourth-order valence-corrected chi connectivity index (χ4v) is 3.54. The molecule has 2 aliphatic heterocycles. The lowest BCUT2D eigenvalue weighted by atomic mass is 10.00. The molecule has 0 spiro atoms. The monoisotopic (exact) mass is 305 g/mol. The van der Waals surface area contributed by atoms with E-state index in [4.69, 9.17) is 0 Å². The van der Waals surface area contributed by atoms with Gasteiger partial charge >= 0.3 is 0 Å². The molecule has 2 aliphatic rings. The lowest BCUT2D eigenvalue weighted by Gasteiger charge is -2.28. The van der Waals surface area contributed by atoms with Crippen molar-refractivity contribution in [2.45, 2.75) is 36.7 Å². The summed E-state index contributed by atoms with van der Waals surface area (Å²) >= 11 is 1.50. The molecule has 1 fully saturated rings. The molecule has 2 heterocycles. The molecule has 1 aromatic carbocycles. The number of carbonyl (C=O) groups excluding carboxylic acids is 2. The first-order valence-corrected chi connectivity index (χ1v) is 8.21. The Morgan fingerprint density at radius 3 is 3.10 bits per heavy atom. The fraction of sp³-hybridized carbons (Fsp3) is 0.467. The molecule has 0 aromatic heterocycles. The van der Waals surface area contributed by atoms with Gasteiger partial charge in [0.1, 0.15) is 0 Å². The molecule has 1 saturated heterocycles. The number of carbonyl (C=O) groups is 2. The van der Waals surface area contributed by atoms with Crippen molar-refractivity contribution < 1.29 is 9.59 Å². The Balaban J connectivity index is 1.70. The van der Waals surface area contributed by atoms with Gasteiger partial charge in [-0.15, -0.1) is 11.8 Å². The minimum Gasteiger partial charge on any atom is -0.349 e. The van der Waals surface area contributed by atoms with E-state index >= 15 is 0 Å². The molecule has 1 aromatic rings.